The van der Waals surface area contributed by atoms with Gasteiger partial charge in [0.15, 0.2) is 0 Å². The van der Waals surface area contributed by atoms with Crippen LogP contribution in [-0.4, -0.2) is 17.4 Å². The van der Waals surface area contributed by atoms with Gasteiger partial charge in [0.25, 0.3) is 5.91 Å². The molecule has 0 aromatic heterocycles. The lowest BCUT2D eigenvalue weighted by atomic mass is 9.93. The number of hydrogen-bond donors (Lipinski definition) is 0. The maximum absolute atomic E-state index is 12.2. The number of rotatable bonds is 1. The molecule has 0 bridgehead atoms. The summed E-state index contributed by atoms with van der Waals surface area (Å²) in [6.45, 7) is 3.03. The number of carbonyl (C=O) groups excluding carboxylic acids is 1. The van der Waals surface area contributed by atoms with Gasteiger partial charge in [0.2, 0.25) is 0 Å². The van der Waals surface area contributed by atoms with Gasteiger partial charge < -0.3 is 4.90 Å². The van der Waals surface area contributed by atoms with Gasteiger partial charge in [-0.3, -0.25) is 4.79 Å². The maximum Gasteiger partial charge on any atom is 0.255 e. The quantitative estimate of drug-likeness (QED) is 0.657. The molecular formula is C14H15NO. The van der Waals surface area contributed by atoms with Crippen LogP contribution in [0, 0.1) is 0 Å². The van der Waals surface area contributed by atoms with Crippen molar-refractivity contribution in [1.82, 2.24) is 4.90 Å². The van der Waals surface area contributed by atoms with Crippen LogP contribution in [-0.2, 0) is 0 Å². The molecule has 0 fully saturated rings. The van der Waals surface area contributed by atoms with E-state index in [0.717, 1.165) is 24.9 Å². The predicted molar refractivity (Wildman–Crippen MR) is 63.2 cm³/mol. The van der Waals surface area contributed by atoms with E-state index >= 15 is 0 Å². The van der Waals surface area contributed by atoms with E-state index in [1.165, 1.54) is 11.1 Å². The second kappa shape index (κ2) is 3.48. The van der Waals surface area contributed by atoms with Crippen molar-refractivity contribution in [2.75, 3.05) is 6.54 Å². The smallest absolute Gasteiger partial charge is 0.255 e. The van der Waals surface area contributed by atoms with Crippen molar-refractivity contribution in [3.63, 3.8) is 0 Å². The minimum atomic E-state index is 0.208. The lowest BCUT2D eigenvalue weighted by Gasteiger charge is -2.30. The fraction of sp³-hybridized carbons (Fsp3) is 0.357. The average molecular weight is 213 g/mol. The minimum absolute atomic E-state index is 0.208. The van der Waals surface area contributed by atoms with E-state index in [9.17, 15) is 4.79 Å². The van der Waals surface area contributed by atoms with Gasteiger partial charge in [-0.25, -0.2) is 0 Å². The van der Waals surface area contributed by atoms with E-state index in [0.29, 0.717) is 0 Å². The van der Waals surface area contributed by atoms with Gasteiger partial charge in [0.05, 0.1) is 6.04 Å². The van der Waals surface area contributed by atoms with Crippen LogP contribution in [0.25, 0.3) is 0 Å². The monoisotopic (exact) mass is 213 g/mol. The van der Waals surface area contributed by atoms with Crippen LogP contribution in [0.5, 0.6) is 0 Å². The Morgan fingerprint density at radius 1 is 1.38 bits per heavy atom. The standard InChI is InChI=1S/C14H15NO/c1-2-10-6-5-9-15-13(10)11-7-3-4-8-12(11)14(15)16/h3-4,6-8,13H,2,5,9H2,1H3. The van der Waals surface area contributed by atoms with Crippen LogP contribution >= 0.6 is 0 Å². The molecule has 2 heterocycles. The summed E-state index contributed by atoms with van der Waals surface area (Å²) in [5.74, 6) is 0.208. The summed E-state index contributed by atoms with van der Waals surface area (Å²) in [6.07, 6.45) is 4.33. The summed E-state index contributed by atoms with van der Waals surface area (Å²) in [6, 6.07) is 8.24. The van der Waals surface area contributed by atoms with Gasteiger partial charge >= 0.3 is 0 Å². The van der Waals surface area contributed by atoms with Crippen molar-refractivity contribution in [2.45, 2.75) is 25.8 Å². The van der Waals surface area contributed by atoms with Crippen LogP contribution < -0.4 is 0 Å². The first-order valence-electron chi connectivity index (χ1n) is 5.91. The topological polar surface area (TPSA) is 20.3 Å². The third-order valence-electron chi connectivity index (χ3n) is 3.59. The largest absolute Gasteiger partial charge is 0.327 e. The molecule has 1 amide bonds. The highest BCUT2D eigenvalue weighted by Crippen LogP contribution is 2.41. The molecule has 2 aliphatic heterocycles. The molecule has 16 heavy (non-hydrogen) atoms. The lowest BCUT2D eigenvalue weighted by Crippen LogP contribution is -2.32. The molecule has 3 rings (SSSR count). The molecular weight excluding hydrogens is 198 g/mol. The molecule has 2 aliphatic rings. The van der Waals surface area contributed by atoms with Crippen LogP contribution in [0.2, 0.25) is 0 Å². The van der Waals surface area contributed by atoms with E-state index in [2.05, 4.69) is 19.1 Å². The van der Waals surface area contributed by atoms with Crippen molar-refractivity contribution in [3.8, 4) is 0 Å². The highest BCUT2D eigenvalue weighted by molar-refractivity contribution is 5.99. The number of carbonyl (C=O) groups is 1. The fourth-order valence-corrected chi connectivity index (χ4v) is 2.84. The fourth-order valence-electron chi connectivity index (χ4n) is 2.84. The molecule has 2 heteroatoms. The number of amides is 1. The summed E-state index contributed by atoms with van der Waals surface area (Å²) in [4.78, 5) is 14.2. The van der Waals surface area contributed by atoms with Crippen molar-refractivity contribution >= 4 is 5.91 Å². The molecule has 1 unspecified atom stereocenters. The summed E-state index contributed by atoms with van der Waals surface area (Å²) in [5.41, 5.74) is 3.48. The van der Waals surface area contributed by atoms with Crippen LogP contribution in [0.15, 0.2) is 35.9 Å². The first-order chi connectivity index (χ1) is 7.83. The summed E-state index contributed by atoms with van der Waals surface area (Å²) >= 11 is 0. The van der Waals surface area contributed by atoms with Gasteiger partial charge in [0.1, 0.15) is 0 Å². The molecule has 0 radical (unpaired) electrons. The van der Waals surface area contributed by atoms with Gasteiger partial charge in [-0.05, 0) is 30.0 Å². The normalized spacial score (nSPS) is 22.8. The third-order valence-corrected chi connectivity index (χ3v) is 3.59. The first kappa shape index (κ1) is 9.64. The Balaban J connectivity index is 2.15. The SMILES string of the molecule is CCC1=CCCN2C(=O)c3ccccc3C12. The molecule has 0 saturated heterocycles. The van der Waals surface area contributed by atoms with Gasteiger partial charge in [-0.2, -0.15) is 0 Å². The van der Waals surface area contributed by atoms with Crippen LogP contribution in [0.4, 0.5) is 0 Å². The van der Waals surface area contributed by atoms with Crippen molar-refractivity contribution in [1.29, 1.82) is 0 Å². The van der Waals surface area contributed by atoms with Crippen molar-refractivity contribution in [3.05, 3.63) is 47.0 Å². The molecule has 0 aliphatic carbocycles. The molecule has 1 atom stereocenters. The average Bonchev–Trinajstić information content (AvgIpc) is 2.64. The van der Waals surface area contributed by atoms with Crippen molar-refractivity contribution in [2.24, 2.45) is 0 Å². The maximum atomic E-state index is 12.2. The van der Waals surface area contributed by atoms with E-state index in [1.54, 1.807) is 0 Å². The van der Waals surface area contributed by atoms with Crippen LogP contribution in [0.3, 0.4) is 0 Å². The summed E-state index contributed by atoms with van der Waals surface area (Å²) in [7, 11) is 0. The Morgan fingerprint density at radius 3 is 3.00 bits per heavy atom. The van der Waals surface area contributed by atoms with Gasteiger partial charge in [0, 0.05) is 12.1 Å². The first-order valence-corrected chi connectivity index (χ1v) is 5.91. The van der Waals surface area contributed by atoms with Gasteiger partial charge in [-0.15, -0.1) is 0 Å². The minimum Gasteiger partial charge on any atom is -0.327 e. The van der Waals surface area contributed by atoms with E-state index in [1.807, 2.05) is 23.1 Å². The number of nitrogens with zero attached hydrogens (tertiary/aromatic N) is 1. The molecule has 2 nitrogen and oxygen atoms in total. The van der Waals surface area contributed by atoms with Gasteiger partial charge in [-0.1, -0.05) is 31.2 Å². The molecule has 1 aromatic carbocycles. The predicted octanol–water partition coefficient (Wildman–Crippen LogP) is 2.92. The zero-order valence-electron chi connectivity index (χ0n) is 9.44. The number of hydrogen-bond acceptors (Lipinski definition) is 1. The summed E-state index contributed by atoms with van der Waals surface area (Å²) < 4.78 is 0. The van der Waals surface area contributed by atoms with E-state index < -0.39 is 0 Å². The second-order valence-corrected chi connectivity index (χ2v) is 4.41. The van der Waals surface area contributed by atoms with Crippen molar-refractivity contribution < 1.29 is 4.79 Å². The highest BCUT2D eigenvalue weighted by atomic mass is 16.2. The van der Waals surface area contributed by atoms with E-state index in [-0.39, 0.29) is 11.9 Å². The molecule has 0 saturated carbocycles. The Kier molecular flexibility index (Phi) is 2.10. The van der Waals surface area contributed by atoms with E-state index in [4.69, 9.17) is 0 Å². The zero-order chi connectivity index (χ0) is 11.1. The lowest BCUT2D eigenvalue weighted by molar-refractivity contribution is 0.0739. The third kappa shape index (κ3) is 1.16. The van der Waals surface area contributed by atoms with Crippen LogP contribution in [0.1, 0.15) is 41.7 Å². The Morgan fingerprint density at radius 2 is 2.19 bits per heavy atom. The number of fused-ring (bicyclic) bond motifs is 3. The molecule has 82 valence electrons. The highest BCUT2D eigenvalue weighted by Gasteiger charge is 2.38. The number of benzene rings is 1. The zero-order valence-corrected chi connectivity index (χ0v) is 9.44. The summed E-state index contributed by atoms with van der Waals surface area (Å²) in [5, 5.41) is 0. The Labute approximate surface area is 95.6 Å². The molecule has 0 spiro atoms. The Hall–Kier alpha value is -1.57. The second-order valence-electron chi connectivity index (χ2n) is 4.41. The molecule has 1 aromatic rings. The molecule has 0 N–H and O–H groups in total. The Bertz CT molecular complexity index is 475.